The molecule has 3 rings (SSSR count). The van der Waals surface area contributed by atoms with Crippen LogP contribution in [0.3, 0.4) is 0 Å². The van der Waals surface area contributed by atoms with Gasteiger partial charge in [-0.15, -0.1) is 0 Å². The van der Waals surface area contributed by atoms with E-state index in [1.807, 2.05) is 26.8 Å². The van der Waals surface area contributed by atoms with Crippen LogP contribution in [-0.2, 0) is 17.9 Å². The highest BCUT2D eigenvalue weighted by Gasteiger charge is 2.17. The smallest absolute Gasteiger partial charge is 0.271 e. The second kappa shape index (κ2) is 8.03. The van der Waals surface area contributed by atoms with Crippen LogP contribution in [0.2, 0.25) is 0 Å². The lowest BCUT2D eigenvalue weighted by Crippen LogP contribution is -2.44. The van der Waals surface area contributed by atoms with Gasteiger partial charge in [0.2, 0.25) is 0 Å². The first kappa shape index (κ1) is 19.3. The highest BCUT2D eigenvalue weighted by molar-refractivity contribution is 6.05. The molecule has 2 N–H and O–H groups in total. The van der Waals surface area contributed by atoms with Crippen molar-refractivity contribution >= 4 is 22.6 Å². The Labute approximate surface area is 161 Å². The molecule has 0 aliphatic carbocycles. The van der Waals surface area contributed by atoms with Gasteiger partial charge in [-0.1, -0.05) is 25.1 Å². The third-order valence-electron chi connectivity index (χ3n) is 4.23. The second-order valence-electron chi connectivity index (χ2n) is 6.51. The quantitative estimate of drug-likeness (QED) is 0.642. The summed E-state index contributed by atoms with van der Waals surface area (Å²) in [7, 11) is 0. The van der Waals surface area contributed by atoms with Crippen LogP contribution in [-0.4, -0.2) is 31.4 Å². The summed E-state index contributed by atoms with van der Waals surface area (Å²) in [6.45, 7) is 5.98. The predicted molar refractivity (Wildman–Crippen MR) is 104 cm³/mol. The van der Waals surface area contributed by atoms with Crippen molar-refractivity contribution in [2.24, 2.45) is 0 Å². The third kappa shape index (κ3) is 3.93. The van der Waals surface area contributed by atoms with Crippen LogP contribution in [0.5, 0.6) is 0 Å². The van der Waals surface area contributed by atoms with Crippen LogP contribution in [0, 0.1) is 13.8 Å². The molecular weight excluding hydrogens is 360 g/mol. The molecule has 0 aliphatic heterocycles. The number of carbonyl (C=O) groups is 2. The number of rotatable bonds is 5. The van der Waals surface area contributed by atoms with Gasteiger partial charge in [-0.05, 0) is 32.4 Å². The Morgan fingerprint density at radius 1 is 1.04 bits per heavy atom. The summed E-state index contributed by atoms with van der Waals surface area (Å²) in [5.74, 6) is -1.02. The molecule has 28 heavy (non-hydrogen) atoms. The van der Waals surface area contributed by atoms with Gasteiger partial charge >= 0.3 is 0 Å². The van der Waals surface area contributed by atoms with E-state index in [2.05, 4.69) is 21.0 Å². The first-order valence-corrected chi connectivity index (χ1v) is 9.00. The van der Waals surface area contributed by atoms with Gasteiger partial charge in [-0.25, -0.2) is 4.68 Å². The summed E-state index contributed by atoms with van der Waals surface area (Å²) < 4.78 is 2.82. The molecule has 0 bridgehead atoms. The molecule has 9 nitrogen and oxygen atoms in total. The van der Waals surface area contributed by atoms with E-state index >= 15 is 0 Å². The standard InChI is InChI=1S/C19H22N6O3/c1-4-9-24-19(28)15-8-6-5-7-14(15)17(23-24)18(27)21-20-16(26)11-25-13(3)10-12(2)22-25/h5-8,10H,4,9,11H2,1-3H3,(H,20,26)(H,21,27). The SMILES string of the molecule is CCCn1nc(C(=O)NNC(=O)Cn2nc(C)cc2C)c2ccccc2c1=O. The molecule has 2 amide bonds. The van der Waals surface area contributed by atoms with Gasteiger partial charge < -0.3 is 0 Å². The molecule has 9 heteroatoms. The maximum Gasteiger partial charge on any atom is 0.290 e. The molecule has 2 heterocycles. The molecule has 0 atom stereocenters. The lowest BCUT2D eigenvalue weighted by atomic mass is 10.1. The number of benzene rings is 1. The van der Waals surface area contributed by atoms with E-state index in [-0.39, 0.29) is 17.8 Å². The molecule has 3 aromatic rings. The van der Waals surface area contributed by atoms with Crippen molar-refractivity contribution in [3.63, 3.8) is 0 Å². The maximum atomic E-state index is 12.6. The van der Waals surface area contributed by atoms with E-state index in [0.29, 0.717) is 23.7 Å². The Morgan fingerprint density at radius 3 is 2.39 bits per heavy atom. The minimum Gasteiger partial charge on any atom is -0.271 e. The largest absolute Gasteiger partial charge is 0.290 e. The molecule has 0 spiro atoms. The van der Waals surface area contributed by atoms with E-state index in [1.165, 1.54) is 4.68 Å². The van der Waals surface area contributed by atoms with Crippen LogP contribution in [0.15, 0.2) is 35.1 Å². The number of carbonyl (C=O) groups excluding carboxylic acids is 2. The number of amides is 2. The Hall–Kier alpha value is -3.49. The lowest BCUT2D eigenvalue weighted by Gasteiger charge is -2.11. The summed E-state index contributed by atoms with van der Waals surface area (Å²) in [4.78, 5) is 37.2. The number of hydrazine groups is 1. The molecule has 0 aliphatic rings. The van der Waals surface area contributed by atoms with Gasteiger partial charge in [0, 0.05) is 17.6 Å². The average molecular weight is 382 g/mol. The van der Waals surface area contributed by atoms with E-state index < -0.39 is 11.8 Å². The van der Waals surface area contributed by atoms with Gasteiger partial charge in [0.05, 0.1) is 11.1 Å². The number of fused-ring (bicyclic) bond motifs is 1. The topological polar surface area (TPSA) is 111 Å². The van der Waals surface area contributed by atoms with Gasteiger partial charge in [0.1, 0.15) is 6.54 Å². The number of aromatic nitrogens is 4. The van der Waals surface area contributed by atoms with Crippen molar-refractivity contribution in [2.45, 2.75) is 40.3 Å². The van der Waals surface area contributed by atoms with Crippen molar-refractivity contribution in [1.29, 1.82) is 0 Å². The molecule has 1 aromatic carbocycles. The van der Waals surface area contributed by atoms with Crippen LogP contribution in [0.4, 0.5) is 0 Å². The minimum atomic E-state index is -0.595. The van der Waals surface area contributed by atoms with Crippen molar-refractivity contribution in [1.82, 2.24) is 30.4 Å². The normalized spacial score (nSPS) is 10.8. The Kier molecular flexibility index (Phi) is 5.53. The number of nitrogens with one attached hydrogen (secondary N) is 2. The first-order chi connectivity index (χ1) is 13.4. The fourth-order valence-electron chi connectivity index (χ4n) is 2.96. The van der Waals surface area contributed by atoms with Gasteiger partial charge in [-0.2, -0.15) is 10.2 Å². The molecule has 0 unspecified atom stereocenters. The van der Waals surface area contributed by atoms with Gasteiger partial charge in [-0.3, -0.25) is 29.9 Å². The summed E-state index contributed by atoms with van der Waals surface area (Å²) in [5.41, 5.74) is 6.22. The fraction of sp³-hybridized carbons (Fsp3) is 0.316. The zero-order chi connectivity index (χ0) is 20.3. The average Bonchev–Trinajstić information content (AvgIpc) is 2.99. The highest BCUT2D eigenvalue weighted by atomic mass is 16.2. The molecule has 0 saturated carbocycles. The molecule has 0 fully saturated rings. The molecule has 2 aromatic heterocycles. The maximum absolute atomic E-state index is 12.6. The van der Waals surface area contributed by atoms with Crippen molar-refractivity contribution in [2.75, 3.05) is 0 Å². The second-order valence-corrected chi connectivity index (χ2v) is 6.51. The number of aryl methyl sites for hydroxylation is 3. The molecule has 0 radical (unpaired) electrons. The van der Waals surface area contributed by atoms with Gasteiger partial charge in [0.15, 0.2) is 5.69 Å². The molecule has 0 saturated heterocycles. The number of hydrogen-bond acceptors (Lipinski definition) is 5. The van der Waals surface area contributed by atoms with Crippen molar-refractivity contribution < 1.29 is 9.59 Å². The Bertz CT molecular complexity index is 1100. The highest BCUT2D eigenvalue weighted by Crippen LogP contribution is 2.13. The zero-order valence-electron chi connectivity index (χ0n) is 16.0. The number of hydrogen-bond donors (Lipinski definition) is 2. The van der Waals surface area contributed by atoms with Crippen LogP contribution in [0.1, 0.15) is 35.2 Å². The van der Waals surface area contributed by atoms with Crippen LogP contribution in [0.25, 0.3) is 10.8 Å². The predicted octanol–water partition coefficient (Wildman–Crippen LogP) is 1.08. The van der Waals surface area contributed by atoms with E-state index in [9.17, 15) is 14.4 Å². The van der Waals surface area contributed by atoms with E-state index in [0.717, 1.165) is 11.4 Å². The third-order valence-corrected chi connectivity index (χ3v) is 4.23. The van der Waals surface area contributed by atoms with Crippen LogP contribution < -0.4 is 16.4 Å². The van der Waals surface area contributed by atoms with Crippen molar-refractivity contribution in [3.05, 3.63) is 57.8 Å². The number of nitrogens with zero attached hydrogens (tertiary/aromatic N) is 4. The summed E-state index contributed by atoms with van der Waals surface area (Å²) >= 11 is 0. The monoisotopic (exact) mass is 382 g/mol. The molecule has 146 valence electrons. The fourth-order valence-corrected chi connectivity index (χ4v) is 2.96. The molecular formula is C19H22N6O3. The van der Waals surface area contributed by atoms with Gasteiger partial charge in [0.25, 0.3) is 17.4 Å². The van der Waals surface area contributed by atoms with E-state index in [1.54, 1.807) is 28.9 Å². The summed E-state index contributed by atoms with van der Waals surface area (Å²) in [5, 5.41) is 9.25. The minimum absolute atomic E-state index is 0.0243. The van der Waals surface area contributed by atoms with E-state index in [4.69, 9.17) is 0 Å². The summed E-state index contributed by atoms with van der Waals surface area (Å²) in [6, 6.07) is 8.64. The Morgan fingerprint density at radius 2 is 1.75 bits per heavy atom. The van der Waals surface area contributed by atoms with Crippen LogP contribution >= 0.6 is 0 Å². The lowest BCUT2D eigenvalue weighted by molar-refractivity contribution is -0.122. The first-order valence-electron chi connectivity index (χ1n) is 9.00. The Balaban J connectivity index is 1.79. The zero-order valence-corrected chi connectivity index (χ0v) is 16.0. The van der Waals surface area contributed by atoms with Crippen molar-refractivity contribution in [3.8, 4) is 0 Å². The summed E-state index contributed by atoms with van der Waals surface area (Å²) in [6.07, 6.45) is 0.700.